The Morgan fingerprint density at radius 1 is 1.08 bits per heavy atom. The standard InChI is InChI=1S/C28H38FN3O4/c1-35-18-6-5-15-28(34,21-9-8-16-31(19-21)27(33)32-17-14-22(30)20-32)24-12-7-13-25(29)26(24)36-23-10-3-2-4-11-23/h2-4,7,10-13,21-22,34H,5-6,8-9,14-20,30H2,1H3/t21?,22?,28-/m0/s1. The minimum Gasteiger partial charge on any atom is -0.454 e. The fourth-order valence-electron chi connectivity index (χ4n) is 5.46. The Balaban J connectivity index is 1.63. The lowest BCUT2D eigenvalue weighted by Crippen LogP contribution is -2.51. The second-order valence-electron chi connectivity index (χ2n) is 9.97. The van der Waals surface area contributed by atoms with Crippen LogP contribution in [0.1, 0.15) is 44.1 Å². The monoisotopic (exact) mass is 499 g/mol. The second-order valence-corrected chi connectivity index (χ2v) is 9.97. The number of halogens is 1. The molecule has 0 bridgehead atoms. The zero-order valence-electron chi connectivity index (χ0n) is 21.1. The van der Waals surface area contributed by atoms with Gasteiger partial charge in [0.15, 0.2) is 11.6 Å². The quantitative estimate of drug-likeness (QED) is 0.497. The van der Waals surface area contributed by atoms with Crippen LogP contribution in [0.4, 0.5) is 9.18 Å². The van der Waals surface area contributed by atoms with Gasteiger partial charge < -0.3 is 30.1 Å². The summed E-state index contributed by atoms with van der Waals surface area (Å²) in [4.78, 5) is 16.9. The summed E-state index contributed by atoms with van der Waals surface area (Å²) in [6, 6.07) is 13.7. The lowest BCUT2D eigenvalue weighted by atomic mass is 9.73. The van der Waals surface area contributed by atoms with E-state index in [4.69, 9.17) is 15.2 Å². The summed E-state index contributed by atoms with van der Waals surface area (Å²) in [6.07, 6.45) is 4.16. The van der Waals surface area contributed by atoms with E-state index in [1.807, 2.05) is 23.1 Å². The maximum absolute atomic E-state index is 15.2. The molecule has 7 nitrogen and oxygen atoms in total. The molecule has 0 spiro atoms. The lowest BCUT2D eigenvalue weighted by Gasteiger charge is -2.44. The van der Waals surface area contributed by atoms with Crippen molar-refractivity contribution < 1.29 is 23.8 Å². The molecule has 0 aliphatic carbocycles. The van der Waals surface area contributed by atoms with Gasteiger partial charge >= 0.3 is 6.03 Å². The van der Waals surface area contributed by atoms with Crippen molar-refractivity contribution in [3.63, 3.8) is 0 Å². The smallest absolute Gasteiger partial charge is 0.320 e. The molecule has 2 amide bonds. The Hall–Kier alpha value is -2.68. The average Bonchev–Trinajstić information content (AvgIpc) is 3.34. The molecule has 2 aliphatic heterocycles. The van der Waals surface area contributed by atoms with Crippen LogP contribution in [0.5, 0.6) is 11.5 Å². The molecule has 3 N–H and O–H groups in total. The number of carbonyl (C=O) groups excluding carboxylic acids is 1. The lowest BCUT2D eigenvalue weighted by molar-refractivity contribution is -0.0589. The number of amides is 2. The van der Waals surface area contributed by atoms with E-state index in [1.165, 1.54) is 6.07 Å². The SMILES string of the molecule is COCCCC[C@@](O)(c1cccc(F)c1Oc1ccccc1)C1CCCN(C(=O)N2CCC(N)C2)C1. The first-order valence-electron chi connectivity index (χ1n) is 12.9. The number of para-hydroxylation sites is 2. The molecule has 36 heavy (non-hydrogen) atoms. The molecule has 2 aromatic carbocycles. The Morgan fingerprint density at radius 2 is 1.86 bits per heavy atom. The fourth-order valence-corrected chi connectivity index (χ4v) is 5.46. The van der Waals surface area contributed by atoms with Crippen molar-refractivity contribution >= 4 is 6.03 Å². The van der Waals surface area contributed by atoms with E-state index in [2.05, 4.69) is 0 Å². The van der Waals surface area contributed by atoms with E-state index in [-0.39, 0.29) is 23.7 Å². The van der Waals surface area contributed by atoms with Crippen LogP contribution >= 0.6 is 0 Å². The molecule has 8 heteroatoms. The van der Waals surface area contributed by atoms with Crippen molar-refractivity contribution in [1.29, 1.82) is 0 Å². The topological polar surface area (TPSA) is 88.3 Å². The first kappa shape index (κ1) is 26.4. The number of piperidine rings is 1. The molecule has 4 rings (SSSR count). The van der Waals surface area contributed by atoms with Gasteiger partial charge in [-0.2, -0.15) is 0 Å². The molecule has 2 unspecified atom stereocenters. The normalized spacial score (nSPS) is 21.9. The van der Waals surface area contributed by atoms with Crippen LogP contribution in [-0.2, 0) is 10.3 Å². The zero-order valence-corrected chi connectivity index (χ0v) is 21.1. The van der Waals surface area contributed by atoms with E-state index in [9.17, 15) is 9.90 Å². The summed E-state index contributed by atoms with van der Waals surface area (Å²) < 4.78 is 26.4. The molecule has 0 radical (unpaired) electrons. The maximum atomic E-state index is 15.2. The van der Waals surface area contributed by atoms with E-state index >= 15 is 4.39 Å². The van der Waals surface area contributed by atoms with Crippen molar-refractivity contribution in [3.05, 3.63) is 59.9 Å². The van der Waals surface area contributed by atoms with Gasteiger partial charge in [0.1, 0.15) is 5.75 Å². The summed E-state index contributed by atoms with van der Waals surface area (Å²) in [5.74, 6) is -0.265. The molecule has 2 aromatic rings. The number of likely N-dealkylation sites (tertiary alicyclic amines) is 2. The van der Waals surface area contributed by atoms with Crippen molar-refractivity contribution in [2.75, 3.05) is 39.9 Å². The number of benzene rings is 2. The van der Waals surface area contributed by atoms with Crippen LogP contribution in [0.3, 0.4) is 0 Å². The van der Waals surface area contributed by atoms with Crippen molar-refractivity contribution in [2.45, 2.75) is 50.2 Å². The van der Waals surface area contributed by atoms with E-state index in [0.29, 0.717) is 56.9 Å². The van der Waals surface area contributed by atoms with E-state index in [0.717, 1.165) is 25.7 Å². The summed E-state index contributed by atoms with van der Waals surface area (Å²) in [5, 5.41) is 12.3. The van der Waals surface area contributed by atoms with E-state index in [1.54, 1.807) is 36.3 Å². The fraction of sp³-hybridized carbons (Fsp3) is 0.536. The predicted octanol–water partition coefficient (Wildman–Crippen LogP) is 4.49. The summed E-state index contributed by atoms with van der Waals surface area (Å²) in [7, 11) is 1.65. The molecule has 196 valence electrons. The number of nitrogens with two attached hydrogens (primary N) is 1. The van der Waals surface area contributed by atoms with Gasteiger partial charge in [-0.3, -0.25) is 0 Å². The zero-order chi connectivity index (χ0) is 25.5. The largest absolute Gasteiger partial charge is 0.454 e. The van der Waals surface area contributed by atoms with Gasteiger partial charge in [-0.1, -0.05) is 30.3 Å². The molecule has 0 aromatic heterocycles. The number of ether oxygens (including phenoxy) is 2. The second kappa shape index (κ2) is 12.0. The summed E-state index contributed by atoms with van der Waals surface area (Å²) in [5.41, 5.74) is 5.07. The first-order valence-corrected chi connectivity index (χ1v) is 12.9. The van der Waals surface area contributed by atoms with Crippen LogP contribution in [0.2, 0.25) is 0 Å². The van der Waals surface area contributed by atoms with Crippen LogP contribution in [0.15, 0.2) is 48.5 Å². The highest BCUT2D eigenvalue weighted by molar-refractivity contribution is 5.75. The van der Waals surface area contributed by atoms with Crippen LogP contribution in [0, 0.1) is 11.7 Å². The highest BCUT2D eigenvalue weighted by atomic mass is 19.1. The van der Waals surface area contributed by atoms with Gasteiger partial charge in [-0.15, -0.1) is 0 Å². The van der Waals surface area contributed by atoms with Gasteiger partial charge in [0.05, 0.1) is 5.60 Å². The number of hydrogen-bond acceptors (Lipinski definition) is 5. The Kier molecular flexibility index (Phi) is 8.82. The first-order chi connectivity index (χ1) is 17.4. The molecule has 2 aliphatic rings. The molecule has 2 fully saturated rings. The number of unbranched alkanes of at least 4 members (excludes halogenated alkanes) is 1. The molecule has 3 atom stereocenters. The number of rotatable bonds is 9. The van der Waals surface area contributed by atoms with Crippen molar-refractivity contribution in [1.82, 2.24) is 9.80 Å². The highest BCUT2D eigenvalue weighted by Crippen LogP contribution is 2.45. The van der Waals surface area contributed by atoms with Crippen LogP contribution < -0.4 is 10.5 Å². The van der Waals surface area contributed by atoms with Crippen LogP contribution in [0.25, 0.3) is 0 Å². The summed E-state index contributed by atoms with van der Waals surface area (Å²) in [6.45, 7) is 2.82. The predicted molar refractivity (Wildman–Crippen MR) is 136 cm³/mol. The Bertz CT molecular complexity index is 1010. The minimum absolute atomic E-state index is 0.0113. The van der Waals surface area contributed by atoms with Gasteiger partial charge in [-0.05, 0) is 56.7 Å². The Morgan fingerprint density at radius 3 is 2.58 bits per heavy atom. The number of hydrogen-bond donors (Lipinski definition) is 2. The highest BCUT2D eigenvalue weighted by Gasteiger charge is 2.44. The number of nitrogens with zero attached hydrogens (tertiary/aromatic N) is 2. The van der Waals surface area contributed by atoms with Gasteiger partial charge in [-0.25, -0.2) is 9.18 Å². The van der Waals surface area contributed by atoms with Crippen LogP contribution in [-0.4, -0.2) is 66.9 Å². The third kappa shape index (κ3) is 5.99. The molecular weight excluding hydrogens is 461 g/mol. The van der Waals surface area contributed by atoms with Crippen molar-refractivity contribution in [3.8, 4) is 11.5 Å². The number of aliphatic hydroxyl groups is 1. The summed E-state index contributed by atoms with van der Waals surface area (Å²) >= 11 is 0. The molecule has 2 saturated heterocycles. The van der Waals surface area contributed by atoms with Gasteiger partial charge in [0, 0.05) is 57.4 Å². The number of methoxy groups -OCH3 is 1. The maximum Gasteiger partial charge on any atom is 0.320 e. The molecule has 0 saturated carbocycles. The number of urea groups is 1. The van der Waals surface area contributed by atoms with Crippen molar-refractivity contribution in [2.24, 2.45) is 11.7 Å². The third-order valence-corrected chi connectivity index (χ3v) is 7.42. The van der Waals surface area contributed by atoms with Gasteiger partial charge in [0.2, 0.25) is 0 Å². The third-order valence-electron chi connectivity index (χ3n) is 7.42. The average molecular weight is 500 g/mol. The van der Waals surface area contributed by atoms with E-state index < -0.39 is 11.4 Å². The molecule has 2 heterocycles. The van der Waals surface area contributed by atoms with Gasteiger partial charge in [0.25, 0.3) is 0 Å². The number of carbonyl (C=O) groups is 1. The molecular formula is C28H38FN3O4. The Labute approximate surface area is 213 Å². The minimum atomic E-state index is -1.37.